The van der Waals surface area contributed by atoms with Crippen LogP contribution in [0.5, 0.6) is 0 Å². The van der Waals surface area contributed by atoms with Crippen molar-refractivity contribution in [2.75, 3.05) is 33.4 Å². The number of para-hydroxylation sites is 2. The standard InChI is InChI=1S/C21H30N4O2/c1-21(13-27-14-21)12-25(2)20(26)22-11-15-7-9-16(10-8-15)19-23-17-5-3-4-6-18(17)24-19/h3-6,15-16H,7-14H2,1-2H3,(H,22,26)(H,23,24). The molecule has 6 heteroatoms. The van der Waals surface area contributed by atoms with Crippen LogP contribution >= 0.6 is 0 Å². The number of hydrogen-bond donors (Lipinski definition) is 2. The molecule has 0 spiro atoms. The Bertz CT molecular complexity index is 757. The predicted octanol–water partition coefficient (Wildman–Crippen LogP) is 3.51. The molecule has 4 rings (SSSR count). The van der Waals surface area contributed by atoms with Gasteiger partial charge in [-0.15, -0.1) is 0 Å². The summed E-state index contributed by atoms with van der Waals surface area (Å²) in [5.41, 5.74) is 2.29. The number of ether oxygens (including phenoxy) is 1. The van der Waals surface area contributed by atoms with Gasteiger partial charge in [0.2, 0.25) is 0 Å². The zero-order valence-corrected chi connectivity index (χ0v) is 16.3. The van der Waals surface area contributed by atoms with Crippen LogP contribution < -0.4 is 5.32 Å². The van der Waals surface area contributed by atoms with Gasteiger partial charge in [-0.25, -0.2) is 9.78 Å². The fraction of sp³-hybridized carbons (Fsp3) is 0.619. The van der Waals surface area contributed by atoms with E-state index in [0.29, 0.717) is 11.8 Å². The van der Waals surface area contributed by atoms with Crippen molar-refractivity contribution < 1.29 is 9.53 Å². The largest absolute Gasteiger partial charge is 0.380 e. The number of amides is 2. The van der Waals surface area contributed by atoms with Gasteiger partial charge in [0.05, 0.1) is 24.2 Å². The van der Waals surface area contributed by atoms with Crippen LogP contribution in [0, 0.1) is 11.3 Å². The fourth-order valence-electron chi connectivity index (χ4n) is 4.36. The lowest BCUT2D eigenvalue weighted by Gasteiger charge is -2.40. The van der Waals surface area contributed by atoms with Crippen molar-refractivity contribution in [3.8, 4) is 0 Å². The highest BCUT2D eigenvalue weighted by Crippen LogP contribution is 2.35. The van der Waals surface area contributed by atoms with Gasteiger partial charge in [-0.1, -0.05) is 19.1 Å². The number of aromatic amines is 1. The monoisotopic (exact) mass is 370 g/mol. The van der Waals surface area contributed by atoms with E-state index in [2.05, 4.69) is 29.4 Å². The predicted molar refractivity (Wildman–Crippen MR) is 106 cm³/mol. The summed E-state index contributed by atoms with van der Waals surface area (Å²) in [7, 11) is 1.87. The molecule has 2 amide bonds. The van der Waals surface area contributed by atoms with E-state index in [4.69, 9.17) is 9.72 Å². The average Bonchev–Trinajstić information content (AvgIpc) is 3.09. The van der Waals surface area contributed by atoms with Crippen LogP contribution in [0.25, 0.3) is 11.0 Å². The van der Waals surface area contributed by atoms with Crippen LogP contribution in [0.3, 0.4) is 0 Å². The Labute approximate surface area is 160 Å². The number of fused-ring (bicyclic) bond motifs is 1. The summed E-state index contributed by atoms with van der Waals surface area (Å²) < 4.78 is 5.27. The zero-order valence-electron chi connectivity index (χ0n) is 16.3. The smallest absolute Gasteiger partial charge is 0.317 e. The Kier molecular flexibility index (Phi) is 5.08. The highest BCUT2D eigenvalue weighted by Gasteiger charge is 2.35. The molecule has 1 saturated carbocycles. The minimum Gasteiger partial charge on any atom is -0.380 e. The summed E-state index contributed by atoms with van der Waals surface area (Å²) in [5, 5.41) is 3.12. The highest BCUT2D eigenvalue weighted by molar-refractivity contribution is 5.75. The molecule has 1 saturated heterocycles. The van der Waals surface area contributed by atoms with Crippen molar-refractivity contribution in [2.45, 2.75) is 38.5 Å². The first kappa shape index (κ1) is 18.3. The number of benzene rings is 1. The number of H-pyrrole nitrogens is 1. The minimum atomic E-state index is 0.0301. The molecule has 1 aliphatic carbocycles. The molecule has 0 unspecified atom stereocenters. The van der Waals surface area contributed by atoms with E-state index in [9.17, 15) is 4.79 Å². The lowest BCUT2D eigenvalue weighted by molar-refractivity contribution is -0.108. The Morgan fingerprint density at radius 3 is 2.70 bits per heavy atom. The number of nitrogens with one attached hydrogen (secondary N) is 2. The van der Waals surface area contributed by atoms with Gasteiger partial charge >= 0.3 is 6.03 Å². The molecule has 2 N–H and O–H groups in total. The van der Waals surface area contributed by atoms with Crippen molar-refractivity contribution in [1.29, 1.82) is 0 Å². The maximum atomic E-state index is 12.3. The number of rotatable bonds is 5. The molecule has 27 heavy (non-hydrogen) atoms. The molecule has 2 fully saturated rings. The molecule has 2 aliphatic rings. The van der Waals surface area contributed by atoms with Gasteiger partial charge in [-0.2, -0.15) is 0 Å². The summed E-state index contributed by atoms with van der Waals surface area (Å²) in [6.07, 6.45) is 4.53. The molecule has 1 aliphatic heterocycles. The van der Waals surface area contributed by atoms with Crippen molar-refractivity contribution in [3.63, 3.8) is 0 Å². The van der Waals surface area contributed by atoms with Crippen LogP contribution in [-0.4, -0.2) is 54.2 Å². The van der Waals surface area contributed by atoms with Crippen molar-refractivity contribution in [1.82, 2.24) is 20.2 Å². The molecule has 1 aromatic heterocycles. The number of carbonyl (C=O) groups excluding carboxylic acids is 1. The number of aromatic nitrogens is 2. The van der Waals surface area contributed by atoms with Crippen molar-refractivity contribution >= 4 is 17.1 Å². The number of hydrogen-bond acceptors (Lipinski definition) is 3. The van der Waals surface area contributed by atoms with Gasteiger partial charge in [0.15, 0.2) is 0 Å². The molecular formula is C21H30N4O2. The molecule has 6 nitrogen and oxygen atoms in total. The number of imidazole rings is 1. The molecular weight excluding hydrogens is 340 g/mol. The van der Waals surface area contributed by atoms with Crippen molar-refractivity contribution in [3.05, 3.63) is 30.1 Å². The molecule has 0 radical (unpaired) electrons. The number of carbonyl (C=O) groups is 1. The van der Waals surface area contributed by atoms with E-state index >= 15 is 0 Å². The van der Waals surface area contributed by atoms with Crippen LogP contribution in [-0.2, 0) is 4.74 Å². The second-order valence-corrected chi connectivity index (χ2v) is 8.70. The van der Waals surface area contributed by atoms with Gasteiger partial charge < -0.3 is 19.9 Å². The maximum absolute atomic E-state index is 12.3. The van der Waals surface area contributed by atoms with Gasteiger partial charge in [-0.05, 0) is 43.7 Å². The first-order valence-corrected chi connectivity index (χ1v) is 10.0. The van der Waals surface area contributed by atoms with Gasteiger partial charge in [-0.3, -0.25) is 0 Å². The second kappa shape index (κ2) is 7.50. The van der Waals surface area contributed by atoms with E-state index in [1.807, 2.05) is 19.2 Å². The Balaban J connectivity index is 1.23. The van der Waals surface area contributed by atoms with E-state index < -0.39 is 0 Å². The molecule has 0 bridgehead atoms. The number of urea groups is 1. The van der Waals surface area contributed by atoms with E-state index in [1.54, 1.807) is 4.90 Å². The normalized spacial score (nSPS) is 24.4. The molecule has 1 aromatic carbocycles. The summed E-state index contributed by atoms with van der Waals surface area (Å²) in [4.78, 5) is 22.4. The topological polar surface area (TPSA) is 70.2 Å². The summed E-state index contributed by atoms with van der Waals surface area (Å²) in [5.74, 6) is 2.19. The fourth-order valence-corrected chi connectivity index (χ4v) is 4.36. The molecule has 146 valence electrons. The lowest BCUT2D eigenvalue weighted by atomic mass is 9.81. The molecule has 2 heterocycles. The Morgan fingerprint density at radius 1 is 1.30 bits per heavy atom. The van der Waals surface area contributed by atoms with Crippen LogP contribution in [0.1, 0.15) is 44.3 Å². The van der Waals surface area contributed by atoms with Gasteiger partial charge in [0.25, 0.3) is 0 Å². The van der Waals surface area contributed by atoms with Crippen LogP contribution in [0.4, 0.5) is 4.79 Å². The van der Waals surface area contributed by atoms with Gasteiger partial charge in [0.1, 0.15) is 5.82 Å². The first-order valence-electron chi connectivity index (χ1n) is 10.0. The summed E-state index contributed by atoms with van der Waals surface area (Å²) in [6.45, 7) is 5.17. The third-order valence-corrected chi connectivity index (χ3v) is 6.05. The number of nitrogens with zero attached hydrogens (tertiary/aromatic N) is 2. The SMILES string of the molecule is CN(CC1(C)COC1)C(=O)NCC1CCC(c2nc3ccccc3[nH]2)CC1. The highest BCUT2D eigenvalue weighted by atomic mass is 16.5. The lowest BCUT2D eigenvalue weighted by Crippen LogP contribution is -2.51. The molecule has 0 atom stereocenters. The Morgan fingerprint density at radius 2 is 2.04 bits per heavy atom. The minimum absolute atomic E-state index is 0.0301. The van der Waals surface area contributed by atoms with E-state index in [-0.39, 0.29) is 11.4 Å². The zero-order chi connectivity index (χ0) is 18.9. The third-order valence-electron chi connectivity index (χ3n) is 6.05. The van der Waals surface area contributed by atoms with E-state index in [1.165, 1.54) is 0 Å². The maximum Gasteiger partial charge on any atom is 0.317 e. The second-order valence-electron chi connectivity index (χ2n) is 8.70. The van der Waals surface area contributed by atoms with E-state index in [0.717, 1.165) is 68.8 Å². The van der Waals surface area contributed by atoms with Crippen LogP contribution in [0.15, 0.2) is 24.3 Å². The molecule has 2 aromatic rings. The quantitative estimate of drug-likeness (QED) is 0.846. The average molecular weight is 370 g/mol. The third kappa shape index (κ3) is 4.10. The van der Waals surface area contributed by atoms with Crippen LogP contribution in [0.2, 0.25) is 0 Å². The Hall–Kier alpha value is -2.08. The summed E-state index contributed by atoms with van der Waals surface area (Å²) in [6, 6.07) is 8.24. The first-order chi connectivity index (χ1) is 13.0. The van der Waals surface area contributed by atoms with Gasteiger partial charge in [0, 0.05) is 31.5 Å². The summed E-state index contributed by atoms with van der Waals surface area (Å²) >= 11 is 0. The van der Waals surface area contributed by atoms with Crippen molar-refractivity contribution in [2.24, 2.45) is 11.3 Å².